The third kappa shape index (κ3) is 4.43. The lowest BCUT2D eigenvalue weighted by Gasteiger charge is -2.28. The van der Waals surface area contributed by atoms with Crippen molar-refractivity contribution in [2.24, 2.45) is 0 Å². The Morgan fingerprint density at radius 3 is 2.58 bits per heavy atom. The Kier molecular flexibility index (Phi) is 6.40. The number of aromatic nitrogens is 2. The number of H-pyrrole nitrogens is 1. The number of pyridine rings is 1. The van der Waals surface area contributed by atoms with Gasteiger partial charge in [-0.15, -0.1) is 10.3 Å². The van der Waals surface area contributed by atoms with Gasteiger partial charge < -0.3 is 19.0 Å². The minimum atomic E-state index is -4.92. The smallest absolute Gasteiger partial charge is 0.332 e. The molecule has 204 valence electrons. The van der Waals surface area contributed by atoms with Gasteiger partial charge in [-0.2, -0.15) is 8.42 Å². The summed E-state index contributed by atoms with van der Waals surface area (Å²) in [5.74, 6) is 3.05. The Hall–Kier alpha value is -4.13. The van der Waals surface area contributed by atoms with Crippen LogP contribution in [0.4, 0.5) is 3.89 Å². The summed E-state index contributed by atoms with van der Waals surface area (Å²) in [6, 6.07) is 14.8. The SMILES string of the molecule is C#Cc1ccc2c(c1)[nH]c1c2c(=O)c2cc(OC(C)C)c(-c3cccc(S(=O)(=O)F)c3)cc2n1C1CCOCC1. The molecule has 7 nitrogen and oxygen atoms in total. The summed E-state index contributed by atoms with van der Waals surface area (Å²) in [7, 11) is -4.92. The first-order valence-electron chi connectivity index (χ1n) is 13.1. The third-order valence-corrected chi connectivity index (χ3v) is 8.18. The van der Waals surface area contributed by atoms with Gasteiger partial charge in [0.05, 0.1) is 27.3 Å². The highest BCUT2D eigenvalue weighted by molar-refractivity contribution is 7.86. The van der Waals surface area contributed by atoms with Gasteiger partial charge >= 0.3 is 10.2 Å². The quantitative estimate of drug-likeness (QED) is 0.209. The Morgan fingerprint density at radius 2 is 1.88 bits per heavy atom. The molecule has 0 spiro atoms. The molecular weight excluding hydrogens is 531 g/mol. The molecule has 1 aliphatic rings. The maximum absolute atomic E-state index is 14.1. The van der Waals surface area contributed by atoms with Crippen LogP contribution in [-0.2, 0) is 15.0 Å². The third-order valence-electron chi connectivity index (χ3n) is 7.36. The van der Waals surface area contributed by atoms with E-state index in [0.29, 0.717) is 57.6 Å². The van der Waals surface area contributed by atoms with E-state index in [4.69, 9.17) is 15.9 Å². The highest BCUT2D eigenvalue weighted by Gasteiger charge is 2.25. The first kappa shape index (κ1) is 26.1. The fraction of sp³-hybridized carbons (Fsp3) is 0.258. The molecule has 1 aliphatic heterocycles. The van der Waals surface area contributed by atoms with Crippen molar-refractivity contribution in [1.82, 2.24) is 9.55 Å². The van der Waals surface area contributed by atoms with Crippen molar-refractivity contribution in [2.75, 3.05) is 13.2 Å². The van der Waals surface area contributed by atoms with Crippen molar-refractivity contribution in [3.05, 3.63) is 70.4 Å². The van der Waals surface area contributed by atoms with Crippen LogP contribution in [-0.4, -0.2) is 37.3 Å². The van der Waals surface area contributed by atoms with Gasteiger partial charge in [-0.25, -0.2) is 0 Å². The summed E-state index contributed by atoms with van der Waals surface area (Å²) in [6.45, 7) is 4.89. The Labute approximate surface area is 230 Å². The number of hydrogen-bond acceptors (Lipinski definition) is 5. The first-order chi connectivity index (χ1) is 19.2. The molecule has 6 rings (SSSR count). The number of aromatic amines is 1. The molecule has 1 N–H and O–H groups in total. The monoisotopic (exact) mass is 558 g/mol. The lowest BCUT2D eigenvalue weighted by atomic mass is 9.99. The topological polar surface area (TPSA) is 90.4 Å². The van der Waals surface area contributed by atoms with Gasteiger partial charge in [-0.05, 0) is 68.7 Å². The van der Waals surface area contributed by atoms with Crippen molar-refractivity contribution >= 4 is 43.1 Å². The molecule has 0 unspecified atom stereocenters. The second-order valence-corrected chi connectivity index (χ2v) is 11.6. The summed E-state index contributed by atoms with van der Waals surface area (Å²) in [6.07, 6.45) is 6.89. The Morgan fingerprint density at radius 1 is 1.10 bits per heavy atom. The fourth-order valence-corrected chi connectivity index (χ4v) is 6.11. The van der Waals surface area contributed by atoms with Crippen molar-refractivity contribution in [3.63, 3.8) is 0 Å². The lowest BCUT2D eigenvalue weighted by Crippen LogP contribution is -2.22. The van der Waals surface area contributed by atoms with Gasteiger partial charge in [0.1, 0.15) is 11.4 Å². The van der Waals surface area contributed by atoms with E-state index in [1.54, 1.807) is 12.1 Å². The maximum atomic E-state index is 14.1. The van der Waals surface area contributed by atoms with Gasteiger partial charge in [0.25, 0.3) is 0 Å². The van der Waals surface area contributed by atoms with Crippen LogP contribution >= 0.6 is 0 Å². The zero-order valence-electron chi connectivity index (χ0n) is 22.0. The molecule has 5 aromatic rings. The van der Waals surface area contributed by atoms with Gasteiger partial charge in [0, 0.05) is 41.3 Å². The van der Waals surface area contributed by atoms with Crippen LogP contribution in [0.15, 0.2) is 64.3 Å². The molecule has 1 fully saturated rings. The van der Waals surface area contributed by atoms with Crippen molar-refractivity contribution < 1.29 is 21.8 Å². The van der Waals surface area contributed by atoms with E-state index in [9.17, 15) is 17.1 Å². The molecular formula is C31H27FN2O5S. The number of rotatable bonds is 5. The summed E-state index contributed by atoms with van der Waals surface area (Å²) >= 11 is 0. The number of fused-ring (bicyclic) bond motifs is 4. The maximum Gasteiger partial charge on any atom is 0.332 e. The largest absolute Gasteiger partial charge is 0.490 e. The number of hydrogen-bond donors (Lipinski definition) is 1. The number of nitrogens with zero attached hydrogens (tertiary/aromatic N) is 1. The standard InChI is InChI=1S/C31H27FN2O5S/c1-4-19-8-9-23-26(14-19)33-31-29(23)30(35)25-17-28(39-18(2)3)24(20-6-5-7-22(15-20)40(32,36)37)16-27(25)34(31)21-10-12-38-13-11-21/h1,5-9,14-18,21,33H,10-13H2,2-3H3. The molecule has 2 aromatic heterocycles. The van der Waals surface area contributed by atoms with Gasteiger partial charge in [-0.1, -0.05) is 24.1 Å². The molecule has 40 heavy (non-hydrogen) atoms. The first-order valence-corrected chi connectivity index (χ1v) is 14.5. The molecule has 0 bridgehead atoms. The van der Waals surface area contributed by atoms with Crippen LogP contribution in [0.2, 0.25) is 0 Å². The van der Waals surface area contributed by atoms with E-state index in [2.05, 4.69) is 15.5 Å². The van der Waals surface area contributed by atoms with Crippen LogP contribution in [0.1, 0.15) is 38.3 Å². The van der Waals surface area contributed by atoms with Crippen LogP contribution in [0.3, 0.4) is 0 Å². The van der Waals surface area contributed by atoms with Gasteiger partial charge in [0.15, 0.2) is 5.43 Å². The molecule has 0 radical (unpaired) electrons. The summed E-state index contributed by atoms with van der Waals surface area (Å²) < 4.78 is 51.3. The predicted octanol–water partition coefficient (Wildman–Crippen LogP) is 6.08. The fourth-order valence-electron chi connectivity index (χ4n) is 5.60. The van der Waals surface area contributed by atoms with Crippen LogP contribution in [0.5, 0.6) is 5.75 Å². The van der Waals surface area contributed by atoms with Crippen molar-refractivity contribution in [3.8, 4) is 29.2 Å². The molecule has 3 aromatic carbocycles. The molecule has 0 aliphatic carbocycles. The van der Waals surface area contributed by atoms with E-state index in [-0.39, 0.29) is 17.6 Å². The zero-order valence-corrected chi connectivity index (χ0v) is 22.8. The van der Waals surface area contributed by atoms with Crippen LogP contribution < -0.4 is 10.2 Å². The highest BCUT2D eigenvalue weighted by Crippen LogP contribution is 2.39. The van der Waals surface area contributed by atoms with Crippen molar-refractivity contribution in [2.45, 2.75) is 43.7 Å². The molecule has 0 saturated carbocycles. The number of benzene rings is 3. The average Bonchev–Trinajstić information content (AvgIpc) is 3.31. The van der Waals surface area contributed by atoms with E-state index >= 15 is 0 Å². The molecule has 0 atom stereocenters. The average molecular weight is 559 g/mol. The van der Waals surface area contributed by atoms with E-state index in [0.717, 1.165) is 23.7 Å². The normalized spacial score (nSPS) is 14.8. The van der Waals surface area contributed by atoms with Crippen LogP contribution in [0.25, 0.3) is 44.0 Å². The number of terminal acetylenes is 1. The summed E-state index contributed by atoms with van der Waals surface area (Å²) in [4.78, 5) is 17.1. The second kappa shape index (κ2) is 9.81. The van der Waals surface area contributed by atoms with Gasteiger partial charge in [0.2, 0.25) is 0 Å². The summed E-state index contributed by atoms with van der Waals surface area (Å²) in [5.41, 5.74) is 3.65. The number of ether oxygens (including phenoxy) is 2. The van der Waals surface area contributed by atoms with Crippen LogP contribution in [0, 0.1) is 12.3 Å². The lowest BCUT2D eigenvalue weighted by molar-refractivity contribution is 0.0715. The second-order valence-electron chi connectivity index (χ2n) is 10.3. The molecule has 9 heteroatoms. The zero-order chi connectivity index (χ0) is 28.2. The molecule has 0 amide bonds. The Balaban J connectivity index is 1.75. The van der Waals surface area contributed by atoms with Gasteiger partial charge in [-0.3, -0.25) is 4.79 Å². The summed E-state index contributed by atoms with van der Waals surface area (Å²) in [5, 5.41) is 1.80. The number of nitrogens with one attached hydrogen (secondary N) is 1. The molecule has 1 saturated heterocycles. The minimum absolute atomic E-state index is 0.0294. The highest BCUT2D eigenvalue weighted by atomic mass is 32.3. The number of halogens is 1. The van der Waals surface area contributed by atoms with E-state index < -0.39 is 15.1 Å². The van der Waals surface area contributed by atoms with E-state index in [1.807, 2.05) is 38.1 Å². The minimum Gasteiger partial charge on any atom is -0.490 e. The van der Waals surface area contributed by atoms with Crippen molar-refractivity contribution in [1.29, 1.82) is 0 Å². The van der Waals surface area contributed by atoms with E-state index in [1.165, 1.54) is 18.2 Å². The Bertz CT molecular complexity index is 2010. The predicted molar refractivity (Wildman–Crippen MR) is 154 cm³/mol. The molecule has 3 heterocycles.